The first-order valence-electron chi connectivity index (χ1n) is 6.99. The molecule has 0 aliphatic carbocycles. The Morgan fingerprint density at radius 3 is 2.17 bits per heavy atom. The van der Waals surface area contributed by atoms with E-state index < -0.39 is 30.1 Å². The molecule has 126 valence electrons. The largest absolute Gasteiger partial charge is 0.418 e. The van der Waals surface area contributed by atoms with E-state index in [9.17, 15) is 22.8 Å². The highest BCUT2D eigenvalue weighted by Gasteiger charge is 2.33. The molecule has 24 heavy (non-hydrogen) atoms. The van der Waals surface area contributed by atoms with Gasteiger partial charge in [0.2, 0.25) is 0 Å². The van der Waals surface area contributed by atoms with Crippen LogP contribution in [0, 0.1) is 0 Å². The summed E-state index contributed by atoms with van der Waals surface area (Å²) in [4.78, 5) is 26.9. The van der Waals surface area contributed by atoms with Gasteiger partial charge in [0, 0.05) is 12.7 Å². The average molecular weight is 337 g/mol. The third-order valence-corrected chi connectivity index (χ3v) is 3.11. The van der Waals surface area contributed by atoms with E-state index in [0.29, 0.717) is 0 Å². The molecule has 2 amide bonds. The summed E-state index contributed by atoms with van der Waals surface area (Å²) in [5, 5.41) is 4.52. The molecule has 0 bridgehead atoms. The van der Waals surface area contributed by atoms with Crippen LogP contribution in [0.2, 0.25) is 0 Å². The minimum Gasteiger partial charge on any atom is -0.344 e. The molecular formula is C16H14F3N3O2. The smallest absolute Gasteiger partial charge is 0.344 e. The van der Waals surface area contributed by atoms with Crippen molar-refractivity contribution in [2.75, 3.05) is 0 Å². The third kappa shape index (κ3) is 4.80. The molecule has 0 atom stereocenters. The number of amides is 2. The fraction of sp³-hybridized carbons (Fsp3) is 0.188. The first kappa shape index (κ1) is 17.5. The molecule has 5 nitrogen and oxygen atoms in total. The highest BCUT2D eigenvalue weighted by molar-refractivity contribution is 6.35. The highest BCUT2D eigenvalue weighted by Crippen LogP contribution is 2.30. The Bertz CT molecular complexity index is 718. The van der Waals surface area contributed by atoms with Gasteiger partial charge in [-0.2, -0.15) is 13.2 Å². The van der Waals surface area contributed by atoms with E-state index in [0.717, 1.165) is 17.7 Å². The second-order valence-corrected chi connectivity index (χ2v) is 4.85. The fourth-order valence-corrected chi connectivity index (χ4v) is 1.94. The van der Waals surface area contributed by atoms with Crippen molar-refractivity contribution in [3.05, 3.63) is 65.5 Å². The van der Waals surface area contributed by atoms with Gasteiger partial charge in [0.25, 0.3) is 0 Å². The number of carbonyl (C=O) groups excluding carboxylic acids is 2. The number of benzene rings is 1. The Morgan fingerprint density at radius 2 is 1.54 bits per heavy atom. The number of hydrogen-bond donors (Lipinski definition) is 2. The van der Waals surface area contributed by atoms with Crippen LogP contribution in [0.25, 0.3) is 0 Å². The molecule has 2 N–H and O–H groups in total. The Labute approximate surface area is 135 Å². The van der Waals surface area contributed by atoms with Crippen LogP contribution in [-0.4, -0.2) is 16.8 Å². The zero-order valence-corrected chi connectivity index (χ0v) is 12.4. The van der Waals surface area contributed by atoms with E-state index in [-0.39, 0.29) is 12.2 Å². The number of halogens is 3. The standard InChI is InChI=1S/C16H14F3N3O2/c17-16(18,19)12-7-4-8-20-13(12)10-22-15(24)14(23)21-9-11-5-2-1-3-6-11/h1-8H,9-10H2,(H,21,23)(H,22,24). The third-order valence-electron chi connectivity index (χ3n) is 3.11. The van der Waals surface area contributed by atoms with Crippen molar-refractivity contribution < 1.29 is 22.8 Å². The zero-order chi connectivity index (χ0) is 17.6. The summed E-state index contributed by atoms with van der Waals surface area (Å²) in [6.07, 6.45) is -3.39. The lowest BCUT2D eigenvalue weighted by atomic mass is 10.2. The van der Waals surface area contributed by atoms with Crippen molar-refractivity contribution in [1.29, 1.82) is 0 Å². The van der Waals surface area contributed by atoms with Crippen LogP contribution in [0.15, 0.2) is 48.7 Å². The number of aromatic nitrogens is 1. The van der Waals surface area contributed by atoms with E-state index in [2.05, 4.69) is 15.6 Å². The van der Waals surface area contributed by atoms with Gasteiger partial charge in [-0.15, -0.1) is 0 Å². The van der Waals surface area contributed by atoms with Crippen LogP contribution < -0.4 is 10.6 Å². The van der Waals surface area contributed by atoms with Crippen molar-refractivity contribution in [1.82, 2.24) is 15.6 Å². The Kier molecular flexibility index (Phi) is 5.51. The van der Waals surface area contributed by atoms with Gasteiger partial charge < -0.3 is 10.6 Å². The molecule has 2 aromatic rings. The Morgan fingerprint density at radius 1 is 0.917 bits per heavy atom. The summed E-state index contributed by atoms with van der Waals surface area (Å²) >= 11 is 0. The quantitative estimate of drug-likeness (QED) is 0.839. The van der Waals surface area contributed by atoms with Gasteiger partial charge in [-0.1, -0.05) is 30.3 Å². The normalized spacial score (nSPS) is 11.0. The molecular weight excluding hydrogens is 323 g/mol. The van der Waals surface area contributed by atoms with Crippen molar-refractivity contribution in [2.24, 2.45) is 0 Å². The number of nitrogens with one attached hydrogen (secondary N) is 2. The van der Waals surface area contributed by atoms with E-state index in [4.69, 9.17) is 0 Å². The Hall–Kier alpha value is -2.90. The summed E-state index contributed by atoms with van der Waals surface area (Å²) in [6, 6.07) is 10.9. The maximum absolute atomic E-state index is 12.8. The maximum atomic E-state index is 12.8. The minimum absolute atomic E-state index is 0.143. The van der Waals surface area contributed by atoms with Gasteiger partial charge in [-0.3, -0.25) is 14.6 Å². The van der Waals surface area contributed by atoms with Gasteiger partial charge >= 0.3 is 18.0 Å². The number of rotatable bonds is 4. The molecule has 0 spiro atoms. The molecule has 1 heterocycles. The number of pyridine rings is 1. The summed E-state index contributed by atoms with van der Waals surface area (Å²) in [5.74, 6) is -1.95. The van der Waals surface area contributed by atoms with E-state index >= 15 is 0 Å². The molecule has 0 radical (unpaired) electrons. The lowest BCUT2D eigenvalue weighted by Crippen LogP contribution is -2.39. The molecule has 1 aromatic heterocycles. The minimum atomic E-state index is -4.58. The molecule has 1 aromatic carbocycles. The van der Waals surface area contributed by atoms with Crippen molar-refractivity contribution in [2.45, 2.75) is 19.3 Å². The molecule has 0 saturated carbocycles. The number of nitrogens with zero attached hydrogens (tertiary/aromatic N) is 1. The van der Waals surface area contributed by atoms with E-state index in [1.165, 1.54) is 6.20 Å². The summed E-state index contributed by atoms with van der Waals surface area (Å²) in [7, 11) is 0. The van der Waals surface area contributed by atoms with E-state index in [1.807, 2.05) is 6.07 Å². The Balaban J connectivity index is 1.90. The van der Waals surface area contributed by atoms with Gasteiger partial charge in [0.1, 0.15) is 0 Å². The first-order valence-corrected chi connectivity index (χ1v) is 6.99. The molecule has 0 saturated heterocycles. The SMILES string of the molecule is O=C(NCc1ccccc1)C(=O)NCc1ncccc1C(F)(F)F. The van der Waals surface area contributed by atoms with Crippen LogP contribution in [-0.2, 0) is 28.9 Å². The van der Waals surface area contributed by atoms with E-state index in [1.54, 1.807) is 24.3 Å². The van der Waals surface area contributed by atoms with Gasteiger partial charge in [0.05, 0.1) is 17.8 Å². The summed E-state index contributed by atoms with van der Waals surface area (Å²) < 4.78 is 38.4. The van der Waals surface area contributed by atoms with Gasteiger partial charge in [-0.25, -0.2) is 0 Å². The van der Waals surface area contributed by atoms with Crippen LogP contribution in [0.4, 0.5) is 13.2 Å². The zero-order valence-electron chi connectivity index (χ0n) is 12.4. The van der Waals surface area contributed by atoms with Crippen molar-refractivity contribution in [3.63, 3.8) is 0 Å². The van der Waals surface area contributed by atoms with Gasteiger partial charge in [0.15, 0.2) is 0 Å². The monoisotopic (exact) mass is 337 g/mol. The summed E-state index contributed by atoms with van der Waals surface area (Å²) in [6.45, 7) is -0.349. The number of carbonyl (C=O) groups is 2. The lowest BCUT2D eigenvalue weighted by Gasteiger charge is -2.12. The second kappa shape index (κ2) is 7.58. The first-order chi connectivity index (χ1) is 11.4. The topological polar surface area (TPSA) is 71.1 Å². The highest BCUT2D eigenvalue weighted by atomic mass is 19.4. The maximum Gasteiger partial charge on any atom is 0.418 e. The molecule has 0 aliphatic rings. The average Bonchev–Trinajstić information content (AvgIpc) is 2.58. The molecule has 2 rings (SSSR count). The molecule has 8 heteroatoms. The van der Waals surface area contributed by atoms with Crippen LogP contribution >= 0.6 is 0 Å². The summed E-state index contributed by atoms with van der Waals surface area (Å²) in [5.41, 5.74) is -0.507. The van der Waals surface area contributed by atoms with Crippen molar-refractivity contribution >= 4 is 11.8 Å². The van der Waals surface area contributed by atoms with Crippen LogP contribution in [0.3, 0.4) is 0 Å². The lowest BCUT2D eigenvalue weighted by molar-refractivity contribution is -0.140. The van der Waals surface area contributed by atoms with Gasteiger partial charge in [-0.05, 0) is 17.7 Å². The predicted molar refractivity (Wildman–Crippen MR) is 79.4 cm³/mol. The molecule has 0 fully saturated rings. The van der Waals surface area contributed by atoms with Crippen molar-refractivity contribution in [3.8, 4) is 0 Å². The van der Waals surface area contributed by atoms with Crippen LogP contribution in [0.1, 0.15) is 16.8 Å². The fourth-order valence-electron chi connectivity index (χ4n) is 1.94. The molecule has 0 aliphatic heterocycles. The predicted octanol–water partition coefficient (Wildman–Crippen LogP) is 2.03. The second-order valence-electron chi connectivity index (χ2n) is 4.85. The molecule has 0 unspecified atom stereocenters. The number of hydrogen-bond acceptors (Lipinski definition) is 3. The van der Waals surface area contributed by atoms with Crippen LogP contribution in [0.5, 0.6) is 0 Å². The number of alkyl halides is 3.